The van der Waals surface area contributed by atoms with Crippen molar-refractivity contribution >= 4 is 28.9 Å². The molecule has 0 aliphatic carbocycles. The van der Waals surface area contributed by atoms with Gasteiger partial charge in [0.1, 0.15) is 16.4 Å². The van der Waals surface area contributed by atoms with Crippen LogP contribution in [0.2, 0.25) is 5.02 Å². The van der Waals surface area contributed by atoms with Crippen LogP contribution in [0.25, 0.3) is 0 Å². The van der Waals surface area contributed by atoms with Crippen LogP contribution in [0.1, 0.15) is 35.0 Å². The van der Waals surface area contributed by atoms with Crippen molar-refractivity contribution in [3.8, 4) is 0 Å². The molecule has 1 aliphatic rings. The first kappa shape index (κ1) is 16.5. The number of hydrogen-bond acceptors (Lipinski definition) is 3. The highest BCUT2D eigenvalue weighted by Crippen LogP contribution is 2.33. The lowest BCUT2D eigenvalue weighted by molar-refractivity contribution is 0.0696. The number of pyridine rings is 1. The van der Waals surface area contributed by atoms with E-state index in [1.807, 2.05) is 6.92 Å². The van der Waals surface area contributed by atoms with Crippen molar-refractivity contribution in [3.63, 3.8) is 0 Å². The molecule has 3 rings (SSSR count). The van der Waals surface area contributed by atoms with Crippen molar-refractivity contribution in [1.82, 2.24) is 4.57 Å². The third-order valence-corrected chi connectivity index (χ3v) is 4.58. The van der Waals surface area contributed by atoms with E-state index in [0.29, 0.717) is 31.5 Å². The Kier molecular flexibility index (Phi) is 4.32. The number of carboxylic acid groups (broad SMARTS) is 1. The number of aryl methyl sites for hydroxylation is 1. The van der Waals surface area contributed by atoms with E-state index in [1.165, 1.54) is 16.7 Å². The van der Waals surface area contributed by atoms with E-state index in [0.717, 1.165) is 5.56 Å². The fourth-order valence-corrected chi connectivity index (χ4v) is 3.24. The van der Waals surface area contributed by atoms with Crippen LogP contribution in [0.3, 0.4) is 0 Å². The van der Waals surface area contributed by atoms with E-state index in [1.54, 1.807) is 6.07 Å². The molecule has 0 unspecified atom stereocenters. The predicted molar refractivity (Wildman–Crippen MR) is 90.1 cm³/mol. The molecule has 2 aromatic rings. The molecule has 1 aliphatic heterocycles. The lowest BCUT2D eigenvalue weighted by Crippen LogP contribution is -2.24. The fourth-order valence-electron chi connectivity index (χ4n) is 3.00. The van der Waals surface area contributed by atoms with Crippen LogP contribution >= 0.6 is 11.6 Å². The van der Waals surface area contributed by atoms with Crippen LogP contribution in [-0.2, 0) is 19.4 Å². The molecule has 126 valence electrons. The summed E-state index contributed by atoms with van der Waals surface area (Å²) in [4.78, 5) is 24.0. The number of aromatic carboxylic acids is 1. The van der Waals surface area contributed by atoms with E-state index < -0.39 is 17.3 Å². The van der Waals surface area contributed by atoms with Crippen molar-refractivity contribution in [2.45, 2.75) is 32.7 Å². The zero-order chi connectivity index (χ0) is 17.4. The number of rotatable bonds is 4. The number of nitrogens with one attached hydrogen (secondary N) is 1. The number of fused-ring (bicyclic) bond motifs is 1. The minimum atomic E-state index is -1.20. The number of nitrogens with zero attached hydrogens (tertiary/aromatic N) is 1. The van der Waals surface area contributed by atoms with Gasteiger partial charge in [-0.15, -0.1) is 0 Å². The first-order valence-electron chi connectivity index (χ1n) is 7.68. The van der Waals surface area contributed by atoms with Crippen molar-refractivity contribution in [2.24, 2.45) is 0 Å². The molecular weight excluding hydrogens is 335 g/mol. The summed E-state index contributed by atoms with van der Waals surface area (Å²) in [5.41, 5.74) is 0.740. The molecular formula is C17H16ClFN2O3. The average Bonchev–Trinajstić information content (AvgIpc) is 3.02. The summed E-state index contributed by atoms with van der Waals surface area (Å²) >= 11 is 6.11. The average molecular weight is 351 g/mol. The van der Waals surface area contributed by atoms with Gasteiger partial charge in [-0.2, -0.15) is 0 Å². The van der Waals surface area contributed by atoms with Crippen molar-refractivity contribution in [3.05, 3.63) is 56.2 Å². The van der Waals surface area contributed by atoms with Crippen molar-refractivity contribution in [2.75, 3.05) is 5.32 Å². The second kappa shape index (κ2) is 6.28. The normalized spacial score (nSPS) is 13.0. The second-order valence-electron chi connectivity index (χ2n) is 5.67. The number of aromatic nitrogens is 1. The summed E-state index contributed by atoms with van der Waals surface area (Å²) in [7, 11) is 0. The minimum absolute atomic E-state index is 0.0505. The molecule has 0 radical (unpaired) electrons. The summed E-state index contributed by atoms with van der Waals surface area (Å²) in [6, 6.07) is 4.62. The van der Waals surface area contributed by atoms with Gasteiger partial charge in [-0.3, -0.25) is 4.79 Å². The Morgan fingerprint density at radius 3 is 2.83 bits per heavy atom. The molecule has 0 saturated heterocycles. The number of halogens is 2. The summed E-state index contributed by atoms with van der Waals surface area (Å²) in [6.07, 6.45) is 1.83. The second-order valence-corrected chi connectivity index (χ2v) is 6.05. The molecule has 2 N–H and O–H groups in total. The third kappa shape index (κ3) is 2.67. The first-order valence-corrected chi connectivity index (χ1v) is 8.05. The summed E-state index contributed by atoms with van der Waals surface area (Å²) < 4.78 is 15.6. The topological polar surface area (TPSA) is 71.3 Å². The molecule has 0 atom stereocenters. The van der Waals surface area contributed by atoms with Gasteiger partial charge in [0.2, 0.25) is 0 Å². The number of carboxylic acids is 1. The fraction of sp³-hybridized carbons (Fsp3) is 0.294. The van der Waals surface area contributed by atoms with E-state index in [4.69, 9.17) is 11.6 Å². The molecule has 5 nitrogen and oxygen atoms in total. The number of anilines is 2. The smallest absolute Gasteiger partial charge is 0.339 e. The largest absolute Gasteiger partial charge is 0.478 e. The standard InChI is InChI=1S/C17H16ClFN2O3/c1-2-9-5-6-11(10(19)8-9)20-15-13(17(23)24)12-4-3-7-21(12)16(22)14(15)18/h5-6,8,20H,2-4,7H2,1H3,(H,23,24). The maximum atomic E-state index is 14.2. The molecule has 2 heterocycles. The quantitative estimate of drug-likeness (QED) is 0.884. The highest BCUT2D eigenvalue weighted by molar-refractivity contribution is 6.34. The maximum absolute atomic E-state index is 14.2. The van der Waals surface area contributed by atoms with Crippen LogP contribution in [0.4, 0.5) is 15.8 Å². The molecule has 1 aromatic heterocycles. The van der Waals surface area contributed by atoms with Gasteiger partial charge >= 0.3 is 5.97 Å². The zero-order valence-electron chi connectivity index (χ0n) is 13.0. The van der Waals surface area contributed by atoms with Crippen LogP contribution in [0.15, 0.2) is 23.0 Å². The van der Waals surface area contributed by atoms with E-state index in [2.05, 4.69) is 5.32 Å². The highest BCUT2D eigenvalue weighted by atomic mass is 35.5. The predicted octanol–water partition coefficient (Wildman–Crippen LogP) is 3.59. The Hall–Kier alpha value is -2.34. The number of benzene rings is 1. The lowest BCUT2D eigenvalue weighted by Gasteiger charge is -2.16. The van der Waals surface area contributed by atoms with Crippen LogP contribution in [-0.4, -0.2) is 15.6 Å². The van der Waals surface area contributed by atoms with Crippen molar-refractivity contribution in [1.29, 1.82) is 0 Å². The molecule has 0 spiro atoms. The Morgan fingerprint density at radius 1 is 1.46 bits per heavy atom. The minimum Gasteiger partial charge on any atom is -0.478 e. The molecule has 24 heavy (non-hydrogen) atoms. The SMILES string of the molecule is CCc1ccc(Nc2c(C(=O)O)c3n(c(=O)c2Cl)CCC3)c(F)c1. The van der Waals surface area contributed by atoms with Crippen LogP contribution < -0.4 is 10.9 Å². The van der Waals surface area contributed by atoms with Crippen LogP contribution in [0.5, 0.6) is 0 Å². The van der Waals surface area contributed by atoms with Gasteiger partial charge in [-0.25, -0.2) is 9.18 Å². The van der Waals surface area contributed by atoms with Crippen molar-refractivity contribution < 1.29 is 14.3 Å². The van der Waals surface area contributed by atoms with E-state index in [-0.39, 0.29) is 22.0 Å². The Bertz CT molecular complexity index is 892. The maximum Gasteiger partial charge on any atom is 0.339 e. The molecule has 0 amide bonds. The Morgan fingerprint density at radius 2 is 2.21 bits per heavy atom. The first-order chi connectivity index (χ1) is 11.4. The molecule has 0 fully saturated rings. The monoisotopic (exact) mass is 350 g/mol. The lowest BCUT2D eigenvalue weighted by atomic mass is 10.1. The van der Waals surface area contributed by atoms with Gasteiger partial charge in [0.15, 0.2) is 0 Å². The van der Waals surface area contributed by atoms with E-state index in [9.17, 15) is 19.1 Å². The van der Waals surface area contributed by atoms with Gasteiger partial charge in [-0.05, 0) is 37.0 Å². The third-order valence-electron chi connectivity index (χ3n) is 4.23. The molecule has 0 saturated carbocycles. The van der Waals surface area contributed by atoms with Gasteiger partial charge in [0.05, 0.1) is 11.4 Å². The van der Waals surface area contributed by atoms with Gasteiger partial charge in [-0.1, -0.05) is 24.6 Å². The zero-order valence-corrected chi connectivity index (χ0v) is 13.8. The van der Waals surface area contributed by atoms with Gasteiger partial charge in [0.25, 0.3) is 5.56 Å². The summed E-state index contributed by atoms with van der Waals surface area (Å²) in [5, 5.41) is 12.0. The Labute approximate surface area is 142 Å². The highest BCUT2D eigenvalue weighted by Gasteiger charge is 2.28. The summed E-state index contributed by atoms with van der Waals surface area (Å²) in [5.74, 6) is -1.72. The molecule has 7 heteroatoms. The van der Waals surface area contributed by atoms with Gasteiger partial charge < -0.3 is 15.0 Å². The van der Waals surface area contributed by atoms with E-state index >= 15 is 0 Å². The number of carbonyl (C=O) groups is 1. The number of hydrogen-bond donors (Lipinski definition) is 2. The summed E-state index contributed by atoms with van der Waals surface area (Å²) in [6.45, 7) is 2.34. The molecule has 1 aromatic carbocycles. The Balaban J connectivity index is 2.16. The van der Waals surface area contributed by atoms with Crippen LogP contribution in [0, 0.1) is 5.82 Å². The molecule has 0 bridgehead atoms. The van der Waals surface area contributed by atoms with Gasteiger partial charge in [0, 0.05) is 12.2 Å².